The van der Waals surface area contributed by atoms with Gasteiger partial charge < -0.3 is 23.7 Å². The second-order valence-electron chi connectivity index (χ2n) is 7.85. The fourth-order valence-corrected chi connectivity index (χ4v) is 3.97. The van der Waals surface area contributed by atoms with Gasteiger partial charge in [0.1, 0.15) is 12.4 Å². The van der Waals surface area contributed by atoms with Crippen LogP contribution in [0.1, 0.15) is 33.5 Å². The van der Waals surface area contributed by atoms with Crippen molar-refractivity contribution in [3.8, 4) is 11.5 Å². The van der Waals surface area contributed by atoms with E-state index in [0.29, 0.717) is 29.6 Å². The molecule has 1 saturated heterocycles. The van der Waals surface area contributed by atoms with E-state index in [9.17, 15) is 4.79 Å². The highest BCUT2D eigenvalue weighted by molar-refractivity contribution is 5.93. The van der Waals surface area contributed by atoms with E-state index in [1.807, 2.05) is 60.4 Å². The van der Waals surface area contributed by atoms with E-state index in [1.54, 1.807) is 7.11 Å². The summed E-state index contributed by atoms with van der Waals surface area (Å²) in [5, 5.41) is 0. The number of aryl methyl sites for hydroxylation is 1. The van der Waals surface area contributed by atoms with Crippen LogP contribution in [-0.2, 0) is 6.61 Å². The van der Waals surface area contributed by atoms with Crippen LogP contribution in [0.5, 0.6) is 11.5 Å². The largest absolute Gasteiger partial charge is 0.493 e. The Morgan fingerprint density at radius 3 is 2.52 bits per heavy atom. The lowest BCUT2D eigenvalue weighted by molar-refractivity contribution is 0.0463. The van der Waals surface area contributed by atoms with Crippen LogP contribution in [0, 0.1) is 6.92 Å². The number of para-hydroxylation sites is 2. The van der Waals surface area contributed by atoms with Crippen LogP contribution < -0.4 is 9.47 Å². The molecule has 0 bridgehead atoms. The maximum Gasteiger partial charge on any atom is 0.290 e. The fourth-order valence-electron chi connectivity index (χ4n) is 3.97. The molecule has 2 aromatic carbocycles. The topological polar surface area (TPSA) is 55.2 Å². The SMILES string of the molecule is COc1ccccc1OCc1cc(C)c(C(=O)N2CCN(C)C[C@@H]2c2ccccc2)o1. The Hall–Kier alpha value is -3.25. The van der Waals surface area contributed by atoms with Crippen LogP contribution >= 0.6 is 0 Å². The van der Waals surface area contributed by atoms with Gasteiger partial charge in [0.25, 0.3) is 5.91 Å². The minimum atomic E-state index is -0.0806. The lowest BCUT2D eigenvalue weighted by Crippen LogP contribution is -2.49. The molecule has 1 aliphatic rings. The molecule has 0 aliphatic carbocycles. The molecule has 6 heteroatoms. The van der Waals surface area contributed by atoms with Gasteiger partial charge in [-0.3, -0.25) is 4.79 Å². The van der Waals surface area contributed by atoms with Gasteiger partial charge in [0.05, 0.1) is 13.2 Å². The normalized spacial score (nSPS) is 16.9. The number of amides is 1. The number of furan rings is 1. The third-order valence-corrected chi connectivity index (χ3v) is 5.63. The average molecular weight is 421 g/mol. The van der Waals surface area contributed by atoms with E-state index < -0.39 is 0 Å². The predicted molar refractivity (Wildman–Crippen MR) is 118 cm³/mol. The molecule has 6 nitrogen and oxygen atoms in total. The van der Waals surface area contributed by atoms with Gasteiger partial charge in [-0.1, -0.05) is 42.5 Å². The zero-order valence-electron chi connectivity index (χ0n) is 18.2. The van der Waals surface area contributed by atoms with Gasteiger partial charge in [0.2, 0.25) is 0 Å². The molecule has 1 atom stereocenters. The summed E-state index contributed by atoms with van der Waals surface area (Å²) >= 11 is 0. The first-order valence-electron chi connectivity index (χ1n) is 10.5. The van der Waals surface area contributed by atoms with Crippen LogP contribution in [0.25, 0.3) is 0 Å². The Balaban J connectivity index is 1.52. The summed E-state index contributed by atoms with van der Waals surface area (Å²) in [5.74, 6) is 2.20. The van der Waals surface area contributed by atoms with E-state index >= 15 is 0 Å². The molecule has 3 aromatic rings. The first-order chi connectivity index (χ1) is 15.1. The molecule has 4 rings (SSSR count). The van der Waals surface area contributed by atoms with Crippen LogP contribution in [0.2, 0.25) is 0 Å². The number of hydrogen-bond acceptors (Lipinski definition) is 5. The predicted octanol–water partition coefficient (Wildman–Crippen LogP) is 4.30. The lowest BCUT2D eigenvalue weighted by atomic mass is 10.0. The van der Waals surface area contributed by atoms with Gasteiger partial charge in [-0.2, -0.15) is 0 Å². The van der Waals surface area contributed by atoms with Crippen molar-refractivity contribution >= 4 is 5.91 Å². The smallest absolute Gasteiger partial charge is 0.290 e. The van der Waals surface area contributed by atoms with Crippen LogP contribution in [0.4, 0.5) is 0 Å². The van der Waals surface area contributed by atoms with E-state index in [4.69, 9.17) is 13.9 Å². The molecule has 0 radical (unpaired) electrons. The maximum absolute atomic E-state index is 13.5. The maximum atomic E-state index is 13.5. The van der Waals surface area contributed by atoms with Crippen LogP contribution in [0.3, 0.4) is 0 Å². The zero-order chi connectivity index (χ0) is 21.8. The van der Waals surface area contributed by atoms with Gasteiger partial charge in [-0.25, -0.2) is 0 Å². The van der Waals surface area contributed by atoms with E-state index in [-0.39, 0.29) is 18.6 Å². The summed E-state index contributed by atoms with van der Waals surface area (Å²) < 4.78 is 17.1. The van der Waals surface area contributed by atoms with Gasteiger partial charge in [0.15, 0.2) is 17.3 Å². The fraction of sp³-hybridized carbons (Fsp3) is 0.320. The number of methoxy groups -OCH3 is 1. The van der Waals surface area contributed by atoms with Crippen molar-refractivity contribution in [3.05, 3.63) is 83.3 Å². The summed E-state index contributed by atoms with van der Waals surface area (Å²) in [6.07, 6.45) is 0. The summed E-state index contributed by atoms with van der Waals surface area (Å²) in [7, 11) is 3.69. The number of ether oxygens (including phenoxy) is 2. The average Bonchev–Trinajstić information content (AvgIpc) is 3.18. The van der Waals surface area contributed by atoms with Crippen molar-refractivity contribution in [2.75, 3.05) is 33.8 Å². The van der Waals surface area contributed by atoms with Gasteiger partial charge in [-0.05, 0) is 37.7 Å². The van der Waals surface area contributed by atoms with Gasteiger partial charge >= 0.3 is 0 Å². The summed E-state index contributed by atoms with van der Waals surface area (Å²) in [5.41, 5.74) is 1.95. The summed E-state index contributed by atoms with van der Waals surface area (Å²) in [4.78, 5) is 17.6. The Labute approximate surface area is 183 Å². The molecule has 1 aliphatic heterocycles. The first kappa shape index (κ1) is 21.0. The molecule has 0 spiro atoms. The van der Waals surface area contributed by atoms with E-state index in [2.05, 4.69) is 24.1 Å². The van der Waals surface area contributed by atoms with Crippen molar-refractivity contribution in [2.24, 2.45) is 0 Å². The second-order valence-corrected chi connectivity index (χ2v) is 7.85. The summed E-state index contributed by atoms with van der Waals surface area (Å²) in [6.45, 7) is 4.40. The van der Waals surface area contributed by atoms with Gasteiger partial charge in [-0.15, -0.1) is 0 Å². The highest BCUT2D eigenvalue weighted by Gasteiger charge is 2.33. The number of rotatable bonds is 6. The van der Waals surface area contributed by atoms with Crippen molar-refractivity contribution < 1.29 is 18.7 Å². The lowest BCUT2D eigenvalue weighted by Gasteiger charge is -2.40. The quantitative estimate of drug-likeness (QED) is 0.595. The molecule has 1 amide bonds. The standard InChI is InChI=1S/C25H28N2O4/c1-18-15-20(17-30-23-12-8-7-11-22(23)29-3)31-24(18)25(28)27-14-13-26(2)16-21(27)19-9-5-4-6-10-19/h4-12,15,21H,13-14,16-17H2,1-3H3/t21-/m1/s1. The molecule has 0 saturated carbocycles. The molecule has 31 heavy (non-hydrogen) atoms. The highest BCUT2D eigenvalue weighted by atomic mass is 16.5. The Kier molecular flexibility index (Phi) is 6.28. The number of carbonyl (C=O) groups excluding carboxylic acids is 1. The third kappa shape index (κ3) is 4.59. The number of likely N-dealkylation sites (N-methyl/N-ethyl adjacent to an activating group) is 1. The first-order valence-corrected chi connectivity index (χ1v) is 10.5. The highest BCUT2D eigenvalue weighted by Crippen LogP contribution is 2.30. The number of benzene rings is 2. The Morgan fingerprint density at radius 1 is 1.06 bits per heavy atom. The molecule has 2 heterocycles. The van der Waals surface area contributed by atoms with Crippen molar-refractivity contribution in [2.45, 2.75) is 19.6 Å². The van der Waals surface area contributed by atoms with E-state index in [0.717, 1.165) is 24.2 Å². The molecule has 1 aromatic heterocycles. The zero-order valence-corrected chi connectivity index (χ0v) is 18.2. The van der Waals surface area contributed by atoms with Crippen LogP contribution in [-0.4, -0.2) is 49.5 Å². The molecule has 162 valence electrons. The van der Waals surface area contributed by atoms with Crippen molar-refractivity contribution in [1.82, 2.24) is 9.80 Å². The minimum Gasteiger partial charge on any atom is -0.493 e. The minimum absolute atomic E-state index is 0.00905. The second kappa shape index (κ2) is 9.27. The molecular weight excluding hydrogens is 392 g/mol. The van der Waals surface area contributed by atoms with Crippen molar-refractivity contribution in [1.29, 1.82) is 0 Å². The molecule has 1 fully saturated rings. The third-order valence-electron chi connectivity index (χ3n) is 5.63. The van der Waals surface area contributed by atoms with Crippen LogP contribution in [0.15, 0.2) is 65.1 Å². The molecular formula is C25H28N2O4. The Morgan fingerprint density at radius 2 is 1.77 bits per heavy atom. The number of piperazine rings is 1. The molecule has 0 N–H and O–H groups in total. The Bertz CT molecular complexity index is 1030. The summed E-state index contributed by atoms with van der Waals surface area (Å²) in [6, 6.07) is 19.5. The molecule has 0 unspecified atom stereocenters. The van der Waals surface area contributed by atoms with Gasteiger partial charge in [0, 0.05) is 25.2 Å². The number of hydrogen-bond donors (Lipinski definition) is 0. The monoisotopic (exact) mass is 420 g/mol. The van der Waals surface area contributed by atoms with Crippen molar-refractivity contribution in [3.63, 3.8) is 0 Å². The number of nitrogens with zero attached hydrogens (tertiary/aromatic N) is 2. The number of carbonyl (C=O) groups is 1. The van der Waals surface area contributed by atoms with E-state index in [1.165, 1.54) is 0 Å².